The van der Waals surface area contributed by atoms with Gasteiger partial charge < -0.3 is 14.8 Å². The Morgan fingerprint density at radius 3 is 2.67 bits per heavy atom. The summed E-state index contributed by atoms with van der Waals surface area (Å²) in [5.74, 6) is 2.65. The fourth-order valence-electron chi connectivity index (χ4n) is 2.21. The molecule has 4 heteroatoms. The quantitative estimate of drug-likeness (QED) is 0.916. The average molecular weight is 282 g/mol. The maximum Gasteiger partial charge on any atom is 0.128 e. The van der Waals surface area contributed by atoms with E-state index in [0.29, 0.717) is 6.61 Å². The molecule has 1 heterocycles. The number of hydrogen-bond acceptors (Lipinski definition) is 4. The first kappa shape index (κ1) is 13.5. The molecule has 0 aromatic heterocycles. The molecule has 0 unspecified atom stereocenters. The van der Waals surface area contributed by atoms with Crippen LogP contribution in [0.1, 0.15) is 11.1 Å². The summed E-state index contributed by atoms with van der Waals surface area (Å²) in [6, 6.07) is 15.9. The van der Waals surface area contributed by atoms with E-state index in [-0.39, 0.29) is 0 Å². The highest BCUT2D eigenvalue weighted by Crippen LogP contribution is 2.17. The Morgan fingerprint density at radius 1 is 1.10 bits per heavy atom. The van der Waals surface area contributed by atoms with Crippen LogP contribution < -0.4 is 14.8 Å². The van der Waals surface area contributed by atoms with Gasteiger partial charge >= 0.3 is 0 Å². The summed E-state index contributed by atoms with van der Waals surface area (Å²) in [7, 11) is 1.66. The molecule has 2 aromatic rings. The smallest absolute Gasteiger partial charge is 0.128 e. The van der Waals surface area contributed by atoms with Crippen LogP contribution in [-0.2, 0) is 6.61 Å². The first-order valence-corrected chi connectivity index (χ1v) is 6.99. The molecule has 0 aliphatic carbocycles. The van der Waals surface area contributed by atoms with E-state index in [2.05, 4.69) is 10.3 Å². The van der Waals surface area contributed by atoms with Crippen LogP contribution in [0.25, 0.3) is 0 Å². The first-order chi connectivity index (χ1) is 10.3. The van der Waals surface area contributed by atoms with E-state index < -0.39 is 0 Å². The highest BCUT2D eigenvalue weighted by Gasteiger charge is 2.08. The lowest BCUT2D eigenvalue weighted by atomic mass is 10.2. The van der Waals surface area contributed by atoms with E-state index in [4.69, 9.17) is 9.47 Å². The molecule has 0 spiro atoms. The van der Waals surface area contributed by atoms with E-state index in [1.807, 2.05) is 48.5 Å². The van der Waals surface area contributed by atoms with E-state index >= 15 is 0 Å². The Bertz CT molecular complexity index is 635. The van der Waals surface area contributed by atoms with Gasteiger partial charge in [-0.05, 0) is 29.8 Å². The van der Waals surface area contributed by atoms with Crippen LogP contribution in [0.4, 0.5) is 0 Å². The summed E-state index contributed by atoms with van der Waals surface area (Å²) < 4.78 is 11.0. The monoisotopic (exact) mass is 282 g/mol. The van der Waals surface area contributed by atoms with Crippen molar-refractivity contribution in [3.63, 3.8) is 0 Å². The minimum Gasteiger partial charge on any atom is -0.497 e. The number of nitrogens with zero attached hydrogens (tertiary/aromatic N) is 1. The van der Waals surface area contributed by atoms with Crippen LogP contribution in [0, 0.1) is 0 Å². The third-order valence-corrected chi connectivity index (χ3v) is 3.35. The van der Waals surface area contributed by atoms with Gasteiger partial charge in [-0.2, -0.15) is 0 Å². The van der Waals surface area contributed by atoms with Gasteiger partial charge in [0.25, 0.3) is 0 Å². The topological polar surface area (TPSA) is 42.9 Å². The minimum atomic E-state index is 0.535. The highest BCUT2D eigenvalue weighted by molar-refractivity contribution is 6.00. The summed E-state index contributed by atoms with van der Waals surface area (Å²) in [4.78, 5) is 4.42. The Labute approximate surface area is 124 Å². The molecule has 2 aromatic carbocycles. The van der Waals surface area contributed by atoms with Crippen LogP contribution in [-0.4, -0.2) is 26.0 Å². The SMILES string of the molecule is COc1ccc(COc2cccc(C3=NCCN3)c2)cc1. The number of aliphatic imine (C=N–C) groups is 1. The Hall–Kier alpha value is -2.49. The maximum atomic E-state index is 5.84. The number of benzene rings is 2. The average Bonchev–Trinajstić information content (AvgIpc) is 3.08. The summed E-state index contributed by atoms with van der Waals surface area (Å²) in [6.45, 7) is 2.28. The van der Waals surface area contributed by atoms with Crippen molar-refractivity contribution in [2.75, 3.05) is 20.2 Å². The fourth-order valence-corrected chi connectivity index (χ4v) is 2.21. The highest BCUT2D eigenvalue weighted by atomic mass is 16.5. The van der Waals surface area contributed by atoms with Crippen LogP contribution in [0.5, 0.6) is 11.5 Å². The summed E-state index contributed by atoms with van der Waals surface area (Å²) in [5.41, 5.74) is 2.18. The summed E-state index contributed by atoms with van der Waals surface area (Å²) >= 11 is 0. The van der Waals surface area contributed by atoms with E-state index in [9.17, 15) is 0 Å². The first-order valence-electron chi connectivity index (χ1n) is 6.99. The van der Waals surface area contributed by atoms with Gasteiger partial charge in [0.2, 0.25) is 0 Å². The maximum absolute atomic E-state index is 5.84. The standard InChI is InChI=1S/C17H18N2O2/c1-20-15-7-5-13(6-8-15)12-21-16-4-2-3-14(11-16)17-18-9-10-19-17/h2-8,11H,9-10,12H2,1H3,(H,18,19). The molecule has 21 heavy (non-hydrogen) atoms. The van der Waals surface area contributed by atoms with Gasteiger partial charge in [0, 0.05) is 12.1 Å². The summed E-state index contributed by atoms with van der Waals surface area (Å²) in [5, 5.41) is 3.27. The molecule has 108 valence electrons. The largest absolute Gasteiger partial charge is 0.497 e. The van der Waals surface area contributed by atoms with Gasteiger partial charge in [0.05, 0.1) is 13.7 Å². The predicted octanol–water partition coefficient (Wildman–Crippen LogP) is 2.62. The lowest BCUT2D eigenvalue weighted by Crippen LogP contribution is -2.19. The molecule has 0 bridgehead atoms. The van der Waals surface area contributed by atoms with E-state index in [1.54, 1.807) is 7.11 Å². The van der Waals surface area contributed by atoms with E-state index in [1.165, 1.54) is 0 Å². The van der Waals surface area contributed by atoms with Crippen LogP contribution >= 0.6 is 0 Å². The Balaban J connectivity index is 1.65. The molecular weight excluding hydrogens is 264 g/mol. The minimum absolute atomic E-state index is 0.535. The van der Waals surface area contributed by atoms with Gasteiger partial charge in [-0.3, -0.25) is 4.99 Å². The van der Waals surface area contributed by atoms with Crippen LogP contribution in [0.15, 0.2) is 53.5 Å². The second kappa shape index (κ2) is 6.31. The Kier molecular flexibility index (Phi) is 4.05. The van der Waals surface area contributed by atoms with Crippen LogP contribution in [0.2, 0.25) is 0 Å². The summed E-state index contributed by atoms with van der Waals surface area (Å²) in [6.07, 6.45) is 0. The van der Waals surface area contributed by atoms with Gasteiger partial charge in [0.1, 0.15) is 23.9 Å². The van der Waals surface area contributed by atoms with Crippen molar-refractivity contribution in [1.29, 1.82) is 0 Å². The molecular formula is C17H18N2O2. The molecule has 0 atom stereocenters. The van der Waals surface area contributed by atoms with Crippen molar-refractivity contribution < 1.29 is 9.47 Å². The zero-order valence-corrected chi connectivity index (χ0v) is 12.0. The van der Waals surface area contributed by atoms with Crippen LogP contribution in [0.3, 0.4) is 0 Å². The molecule has 1 N–H and O–H groups in total. The van der Waals surface area contributed by atoms with Crippen molar-refractivity contribution in [1.82, 2.24) is 5.32 Å². The predicted molar refractivity (Wildman–Crippen MR) is 83.2 cm³/mol. The number of ether oxygens (including phenoxy) is 2. The molecule has 0 fully saturated rings. The second-order valence-electron chi connectivity index (χ2n) is 4.82. The lowest BCUT2D eigenvalue weighted by Gasteiger charge is -2.09. The number of hydrogen-bond donors (Lipinski definition) is 1. The third-order valence-electron chi connectivity index (χ3n) is 3.35. The van der Waals surface area contributed by atoms with Gasteiger partial charge in [-0.25, -0.2) is 0 Å². The van der Waals surface area contributed by atoms with Gasteiger partial charge in [-0.1, -0.05) is 24.3 Å². The van der Waals surface area contributed by atoms with E-state index in [0.717, 1.165) is 41.6 Å². The molecule has 1 aliphatic heterocycles. The number of amidine groups is 1. The second-order valence-corrected chi connectivity index (χ2v) is 4.82. The molecule has 4 nitrogen and oxygen atoms in total. The van der Waals surface area contributed by atoms with Crippen molar-refractivity contribution in [3.05, 3.63) is 59.7 Å². The molecule has 0 radical (unpaired) electrons. The van der Waals surface area contributed by atoms with Crippen molar-refractivity contribution in [2.45, 2.75) is 6.61 Å². The normalized spacial score (nSPS) is 13.5. The number of rotatable bonds is 5. The molecule has 3 rings (SSSR count). The number of methoxy groups -OCH3 is 1. The molecule has 0 saturated heterocycles. The molecule has 1 aliphatic rings. The van der Waals surface area contributed by atoms with Crippen molar-refractivity contribution in [2.24, 2.45) is 4.99 Å². The third kappa shape index (κ3) is 3.34. The van der Waals surface area contributed by atoms with Crippen molar-refractivity contribution >= 4 is 5.84 Å². The van der Waals surface area contributed by atoms with Gasteiger partial charge in [0.15, 0.2) is 0 Å². The Morgan fingerprint density at radius 2 is 1.95 bits per heavy atom. The lowest BCUT2D eigenvalue weighted by molar-refractivity contribution is 0.306. The molecule has 0 saturated carbocycles. The molecule has 0 amide bonds. The zero-order valence-electron chi connectivity index (χ0n) is 12.0. The number of nitrogens with one attached hydrogen (secondary N) is 1. The van der Waals surface area contributed by atoms with Crippen molar-refractivity contribution in [3.8, 4) is 11.5 Å². The fraction of sp³-hybridized carbons (Fsp3) is 0.235. The zero-order chi connectivity index (χ0) is 14.5. The van der Waals surface area contributed by atoms with Gasteiger partial charge in [-0.15, -0.1) is 0 Å².